The van der Waals surface area contributed by atoms with Crippen molar-refractivity contribution in [3.05, 3.63) is 30.3 Å². The van der Waals surface area contributed by atoms with Crippen molar-refractivity contribution >= 4 is 34.3 Å². The highest BCUT2D eigenvalue weighted by Crippen LogP contribution is 2.41. The van der Waals surface area contributed by atoms with E-state index in [0.717, 1.165) is 12.2 Å². The Balaban J connectivity index is 2.14. The van der Waals surface area contributed by atoms with E-state index >= 15 is 0 Å². The van der Waals surface area contributed by atoms with Gasteiger partial charge >= 0.3 is 0 Å². The Morgan fingerprint density at radius 3 is 2.03 bits per heavy atom. The molecule has 4 nitrogen and oxygen atoms in total. The second-order valence-corrected chi connectivity index (χ2v) is 23.7. The Morgan fingerprint density at radius 1 is 0.971 bits per heavy atom. The molecule has 0 radical (unpaired) electrons. The van der Waals surface area contributed by atoms with Gasteiger partial charge in [-0.05, 0) is 67.5 Å². The third kappa shape index (κ3) is 7.45. The maximum atomic E-state index is 12.8. The normalized spacial score (nSPS) is 21.6. The lowest BCUT2D eigenvalue weighted by Gasteiger charge is -2.48. The summed E-state index contributed by atoms with van der Waals surface area (Å²) >= 11 is 1.88. The molecule has 2 rings (SSSR count). The van der Waals surface area contributed by atoms with Gasteiger partial charge in [0.05, 0.1) is 12.0 Å². The first-order valence-corrected chi connectivity index (χ1v) is 19.6. The molecule has 0 bridgehead atoms. The SMILES string of the molecule is C[C@@H](O[Si](C)(C)C(C)(C)C)[C@H]1C(=O)N[C@@H]1[C@H](CCSc1ccccc1)CO[Si](C)(C)C(C)(C)C. The number of benzene rings is 1. The molecule has 0 aliphatic carbocycles. The van der Waals surface area contributed by atoms with Gasteiger partial charge in [-0.25, -0.2) is 0 Å². The minimum atomic E-state index is -1.96. The van der Waals surface area contributed by atoms with Gasteiger partial charge in [-0.3, -0.25) is 4.79 Å². The third-order valence-corrected chi connectivity index (χ3v) is 18.4. The van der Waals surface area contributed by atoms with Gasteiger partial charge < -0.3 is 14.2 Å². The summed E-state index contributed by atoms with van der Waals surface area (Å²) in [6, 6.07) is 10.7. The van der Waals surface area contributed by atoms with Crippen LogP contribution in [0.3, 0.4) is 0 Å². The van der Waals surface area contributed by atoms with Gasteiger partial charge in [-0.15, -0.1) is 11.8 Å². The number of amides is 1. The summed E-state index contributed by atoms with van der Waals surface area (Å²) in [5.74, 6) is 1.30. The van der Waals surface area contributed by atoms with Gasteiger partial charge in [0.25, 0.3) is 0 Å². The summed E-state index contributed by atoms with van der Waals surface area (Å²) in [6.07, 6.45) is 0.916. The maximum Gasteiger partial charge on any atom is 0.228 e. The Labute approximate surface area is 215 Å². The quantitative estimate of drug-likeness (QED) is 0.187. The largest absolute Gasteiger partial charge is 0.416 e. The standard InChI is InChI=1S/C27H49NO3SSi2/c1-20(31-34(10,11)27(5,6)7)23-24(28-25(23)29)21(19-30-33(8,9)26(2,3)4)17-18-32-22-15-13-12-14-16-22/h12-16,20-21,23-24H,17-19H2,1-11H3,(H,28,29)/t20-,21-,23-,24-/m1/s1. The number of carbonyl (C=O) groups is 1. The van der Waals surface area contributed by atoms with Gasteiger partial charge in [-0.1, -0.05) is 59.7 Å². The number of carbonyl (C=O) groups excluding carboxylic acids is 1. The highest BCUT2D eigenvalue weighted by molar-refractivity contribution is 7.99. The van der Waals surface area contributed by atoms with E-state index in [1.165, 1.54) is 4.90 Å². The predicted octanol–water partition coefficient (Wildman–Crippen LogP) is 7.33. The van der Waals surface area contributed by atoms with E-state index in [0.29, 0.717) is 6.61 Å². The lowest BCUT2D eigenvalue weighted by Crippen LogP contribution is -2.67. The molecule has 1 fully saturated rings. The molecule has 1 aliphatic rings. The van der Waals surface area contributed by atoms with Crippen LogP contribution in [-0.2, 0) is 13.6 Å². The fourth-order valence-electron chi connectivity index (χ4n) is 3.79. The van der Waals surface area contributed by atoms with E-state index in [-0.39, 0.29) is 40.0 Å². The first-order valence-electron chi connectivity index (χ1n) is 12.8. The number of thioether (sulfide) groups is 1. The van der Waals surface area contributed by atoms with Crippen LogP contribution in [0.2, 0.25) is 36.3 Å². The molecule has 1 heterocycles. The number of hydrogen-bond acceptors (Lipinski definition) is 4. The number of hydrogen-bond donors (Lipinski definition) is 1. The topological polar surface area (TPSA) is 47.6 Å². The molecule has 0 aromatic heterocycles. The van der Waals surface area contributed by atoms with E-state index < -0.39 is 16.6 Å². The zero-order chi connectivity index (χ0) is 25.9. The average Bonchev–Trinajstić information content (AvgIpc) is 2.67. The average molecular weight is 524 g/mol. The number of nitrogens with one attached hydrogen (secondary N) is 1. The molecule has 1 aromatic carbocycles. The minimum absolute atomic E-state index is 0.0863. The molecular weight excluding hydrogens is 475 g/mol. The van der Waals surface area contributed by atoms with Crippen molar-refractivity contribution in [3.8, 4) is 0 Å². The number of rotatable bonds is 11. The summed E-state index contributed by atoms with van der Waals surface area (Å²) in [4.78, 5) is 14.1. The number of β-lactam (4-membered cyclic amide) rings is 1. The Hall–Kier alpha value is -0.606. The van der Waals surface area contributed by atoms with E-state index in [1.54, 1.807) is 0 Å². The van der Waals surface area contributed by atoms with Crippen LogP contribution < -0.4 is 5.32 Å². The molecule has 1 amide bonds. The second kappa shape index (κ2) is 11.2. The molecule has 1 N–H and O–H groups in total. The van der Waals surface area contributed by atoms with Crippen molar-refractivity contribution in [1.29, 1.82) is 0 Å². The lowest BCUT2D eigenvalue weighted by atomic mass is 9.77. The van der Waals surface area contributed by atoms with Crippen molar-refractivity contribution in [3.63, 3.8) is 0 Å². The van der Waals surface area contributed by atoms with E-state index in [4.69, 9.17) is 8.85 Å². The fourth-order valence-corrected chi connectivity index (χ4v) is 7.29. The maximum absolute atomic E-state index is 12.8. The zero-order valence-electron chi connectivity index (χ0n) is 23.5. The third-order valence-electron chi connectivity index (χ3n) is 8.26. The van der Waals surface area contributed by atoms with Crippen LogP contribution in [0.15, 0.2) is 35.2 Å². The van der Waals surface area contributed by atoms with Crippen LogP contribution in [-0.4, -0.2) is 47.0 Å². The molecule has 7 heteroatoms. The van der Waals surface area contributed by atoms with Crippen LogP contribution >= 0.6 is 11.8 Å². The first kappa shape index (κ1) is 29.6. The summed E-state index contributed by atoms with van der Waals surface area (Å²) in [5.41, 5.74) is 0. The van der Waals surface area contributed by atoms with Crippen molar-refractivity contribution in [1.82, 2.24) is 5.32 Å². The van der Waals surface area contributed by atoms with Crippen molar-refractivity contribution in [2.75, 3.05) is 12.4 Å². The Morgan fingerprint density at radius 2 is 1.53 bits per heavy atom. The zero-order valence-corrected chi connectivity index (χ0v) is 26.3. The van der Waals surface area contributed by atoms with Crippen LogP contribution in [0, 0.1) is 11.8 Å². The summed E-state index contributed by atoms with van der Waals surface area (Å²) in [7, 11) is -3.84. The van der Waals surface area contributed by atoms with E-state index in [9.17, 15) is 4.79 Å². The second-order valence-electron chi connectivity index (χ2n) is 12.9. The molecule has 1 saturated heterocycles. The van der Waals surface area contributed by atoms with Crippen LogP contribution in [0.5, 0.6) is 0 Å². The summed E-state index contributed by atoms with van der Waals surface area (Å²) < 4.78 is 13.4. The van der Waals surface area contributed by atoms with Crippen LogP contribution in [0.25, 0.3) is 0 Å². The van der Waals surface area contributed by atoms with Gasteiger partial charge in [0.15, 0.2) is 16.6 Å². The smallest absolute Gasteiger partial charge is 0.228 e. The van der Waals surface area contributed by atoms with Crippen molar-refractivity contribution < 1.29 is 13.6 Å². The lowest BCUT2D eigenvalue weighted by molar-refractivity contribution is -0.142. The molecule has 0 spiro atoms. The first-order chi connectivity index (χ1) is 15.5. The Kier molecular flexibility index (Phi) is 9.76. The predicted molar refractivity (Wildman–Crippen MR) is 152 cm³/mol. The fraction of sp³-hybridized carbons (Fsp3) is 0.741. The van der Waals surface area contributed by atoms with Gasteiger partial charge in [0, 0.05) is 23.5 Å². The van der Waals surface area contributed by atoms with Gasteiger partial charge in [0.2, 0.25) is 5.91 Å². The Bertz CT molecular complexity index is 802. The molecule has 0 unspecified atom stereocenters. The minimum Gasteiger partial charge on any atom is -0.416 e. The highest BCUT2D eigenvalue weighted by Gasteiger charge is 2.50. The molecular formula is C27H49NO3SSi2. The molecule has 0 saturated carbocycles. The monoisotopic (exact) mass is 523 g/mol. The molecule has 34 heavy (non-hydrogen) atoms. The highest BCUT2D eigenvalue weighted by atomic mass is 32.2. The van der Waals surface area contributed by atoms with Gasteiger partial charge in [-0.2, -0.15) is 0 Å². The van der Waals surface area contributed by atoms with Crippen molar-refractivity contribution in [2.24, 2.45) is 11.8 Å². The van der Waals surface area contributed by atoms with Crippen molar-refractivity contribution in [2.45, 2.75) is 108 Å². The molecule has 194 valence electrons. The van der Waals surface area contributed by atoms with Crippen LogP contribution in [0.4, 0.5) is 0 Å². The molecule has 1 aromatic rings. The van der Waals surface area contributed by atoms with Crippen LogP contribution in [0.1, 0.15) is 54.9 Å². The summed E-state index contributed by atoms with van der Waals surface area (Å²) in [6.45, 7) is 25.5. The summed E-state index contributed by atoms with van der Waals surface area (Å²) in [5, 5.41) is 3.53. The van der Waals surface area contributed by atoms with Gasteiger partial charge in [0.1, 0.15) is 0 Å². The molecule has 4 atom stereocenters. The van der Waals surface area contributed by atoms with E-state index in [2.05, 4.69) is 110 Å². The molecule has 1 aliphatic heterocycles. The van der Waals surface area contributed by atoms with E-state index in [1.807, 2.05) is 11.8 Å².